The van der Waals surface area contributed by atoms with E-state index in [1.54, 1.807) is 6.07 Å². The number of nitrogens with two attached hydrogens (primary N) is 4. The molecule has 18 rings (SSSR count). The normalized spacial score (nSPS) is 18.7. The molecule has 0 bridgehead atoms. The molecule has 11 N–H and O–H groups in total. The third kappa shape index (κ3) is 24.5. The third-order valence-electron chi connectivity index (χ3n) is 23.2. The fraction of sp³-hybridized carbons (Fsp3) is 0.279. The number of nitrogens with zero attached hydrogens (tertiary/aromatic N) is 9. The van der Waals surface area contributed by atoms with E-state index in [1.807, 2.05) is 194 Å². The maximum absolute atomic E-state index is 13.0. The SMILES string of the molecule is Nc1cccc(-c2nnc(-c3ccccc3)c3c2CCCCCC3)c1.Nc1cccc(-c2nnc(-c3ccccc3)nn2)c1.Nc1cccc(C2=NN=C(c3ccccc3)C3CCCCCC(OC(=O)NCc4ccccc4)C23)c1.Nc1cccc(C2NN=C(c3ccccc3)C3CCCCCC=C32)c1.O=C(NCc1ccccc1)OC1/C=C/CCCCC1. The van der Waals surface area contributed by atoms with Crippen molar-refractivity contribution in [1.82, 2.24) is 46.7 Å². The molecule has 4 heterocycles. The highest BCUT2D eigenvalue weighted by Crippen LogP contribution is 2.42. The van der Waals surface area contributed by atoms with Gasteiger partial charge in [-0.1, -0.05) is 288 Å². The number of alkyl carbamates (subject to hydrolysis) is 2. The van der Waals surface area contributed by atoms with Crippen molar-refractivity contribution >= 4 is 52.1 Å². The van der Waals surface area contributed by atoms with Crippen LogP contribution >= 0.6 is 0 Å². The summed E-state index contributed by atoms with van der Waals surface area (Å²) in [6.45, 7) is 0.934. The lowest BCUT2D eigenvalue weighted by atomic mass is 9.71. The fourth-order valence-electron chi connectivity index (χ4n) is 17.0. The van der Waals surface area contributed by atoms with Gasteiger partial charge in [-0.3, -0.25) is 5.43 Å². The van der Waals surface area contributed by atoms with Crippen LogP contribution in [0.5, 0.6) is 0 Å². The minimum Gasteiger partial charge on any atom is -0.446 e. The molecule has 632 valence electrons. The van der Waals surface area contributed by atoms with Crippen molar-refractivity contribution in [2.45, 2.75) is 166 Å². The van der Waals surface area contributed by atoms with Gasteiger partial charge in [-0.05, 0) is 189 Å². The maximum Gasteiger partial charge on any atom is 0.407 e. The number of rotatable bonds is 14. The summed E-state index contributed by atoms with van der Waals surface area (Å²) in [6, 6.07) is 91.9. The van der Waals surface area contributed by atoms with Crippen LogP contribution in [0.1, 0.15) is 173 Å². The lowest BCUT2D eigenvalue weighted by Gasteiger charge is -2.38. The number of fused-ring (bicyclic) bond motifs is 3. The standard InChI is InChI=1S/C30H32N4O2.C22H25N3.C22H23N3.C16H21NO2.C14H11N5/c31-24-16-10-15-23(19-24)29-27-25(28(33-34-29)22-13-6-2-7-14-22)17-8-3-9-18-26(27)36-30(35)32-20-21-11-4-1-5-12-21;2*23-18-12-8-11-17(15-18)22-20-14-7-2-1-6-13-19(20)21(24-25-22)16-9-4-3-5-10-16;18-16(17-13-14-9-5-4-6-10-14)19-15-11-7-2-1-3-8-12-15;15-12-8-4-7-11(9-12)14-18-16-13(17-19-14)10-5-2-1-3-6-10/h1-2,4-7,10-16,19,25-27H,3,8-9,17-18,20,31H2,(H,32,35);3-5,8-12,14-15,19,22,25H,1-2,6-7,13,23H2;3-5,8-12,15H,1-2,6-7,13-14,23H2;4-7,9-11,15H,1-3,8,12-13H2,(H,17,18);1-9H,15H2/b;;;11-7+;. The van der Waals surface area contributed by atoms with Crippen molar-refractivity contribution in [2.24, 2.45) is 33.1 Å². The molecule has 124 heavy (non-hydrogen) atoms. The highest BCUT2D eigenvalue weighted by atomic mass is 16.6. The molecular formula is C104H112N16O4. The van der Waals surface area contributed by atoms with Gasteiger partial charge >= 0.3 is 12.2 Å². The van der Waals surface area contributed by atoms with Crippen LogP contribution in [0.25, 0.3) is 45.3 Å². The number of aromatic nitrogens is 6. The van der Waals surface area contributed by atoms with Gasteiger partial charge < -0.3 is 43.0 Å². The van der Waals surface area contributed by atoms with Gasteiger partial charge in [-0.15, -0.1) is 30.6 Å². The number of nitrogen functional groups attached to an aromatic ring is 4. The first-order valence-corrected chi connectivity index (χ1v) is 43.9. The van der Waals surface area contributed by atoms with Gasteiger partial charge in [-0.2, -0.15) is 15.3 Å². The van der Waals surface area contributed by atoms with Crippen LogP contribution in [0, 0.1) is 17.8 Å². The van der Waals surface area contributed by atoms with Crippen molar-refractivity contribution in [3.63, 3.8) is 0 Å². The summed E-state index contributed by atoms with van der Waals surface area (Å²) in [5.74, 6) is 1.34. The van der Waals surface area contributed by atoms with E-state index in [1.165, 1.54) is 97.7 Å². The lowest BCUT2D eigenvalue weighted by Crippen LogP contribution is -2.45. The van der Waals surface area contributed by atoms with E-state index < -0.39 is 6.09 Å². The Morgan fingerprint density at radius 2 is 0.823 bits per heavy atom. The quantitative estimate of drug-likeness (QED) is 0.0393. The monoisotopic (exact) mass is 1650 g/mol. The van der Waals surface area contributed by atoms with E-state index in [0.717, 1.165) is 149 Å². The van der Waals surface area contributed by atoms with E-state index in [4.69, 9.17) is 47.7 Å². The molecule has 1 fully saturated rings. The Kier molecular flexibility index (Phi) is 31.6. The zero-order valence-electron chi connectivity index (χ0n) is 70.5. The number of anilines is 4. The molecule has 0 spiro atoms. The Labute approximate surface area is 728 Å². The predicted molar refractivity (Wildman–Crippen MR) is 500 cm³/mol. The number of carbonyl (C=O) groups excluding carboxylic acids is 2. The number of hydrogen-bond acceptors (Lipinski definition) is 18. The Bertz CT molecular complexity index is 5570. The second kappa shape index (κ2) is 45.2. The number of amides is 2. The molecule has 2 amide bonds. The molecule has 20 heteroatoms. The molecule has 10 aromatic carbocycles. The topological polar surface area (TPSA) is 307 Å². The van der Waals surface area contributed by atoms with Crippen LogP contribution < -0.4 is 39.0 Å². The molecular weight excluding hydrogens is 1540 g/mol. The lowest BCUT2D eigenvalue weighted by molar-refractivity contribution is 0.0577. The average molecular weight is 1650 g/mol. The molecule has 2 aliphatic heterocycles. The summed E-state index contributed by atoms with van der Waals surface area (Å²) in [7, 11) is 0. The molecule has 6 unspecified atom stereocenters. The van der Waals surface area contributed by atoms with Gasteiger partial charge in [0.1, 0.15) is 12.2 Å². The summed E-state index contributed by atoms with van der Waals surface area (Å²) in [6.07, 6.45) is 29.3. The maximum atomic E-state index is 13.0. The van der Waals surface area contributed by atoms with Crippen molar-refractivity contribution in [2.75, 3.05) is 22.9 Å². The van der Waals surface area contributed by atoms with E-state index in [0.29, 0.717) is 42.0 Å². The Hall–Kier alpha value is -13.8. The van der Waals surface area contributed by atoms with Crippen LogP contribution in [0.4, 0.5) is 32.3 Å². The summed E-state index contributed by atoms with van der Waals surface area (Å²) < 4.78 is 11.6. The molecule has 12 aromatic rings. The summed E-state index contributed by atoms with van der Waals surface area (Å²) in [5, 5.41) is 45.7. The minimum atomic E-state index is -0.404. The number of hydrogen-bond donors (Lipinski definition) is 7. The largest absolute Gasteiger partial charge is 0.446 e. The Morgan fingerprint density at radius 1 is 0.379 bits per heavy atom. The molecule has 1 saturated carbocycles. The van der Waals surface area contributed by atoms with E-state index >= 15 is 0 Å². The first kappa shape index (κ1) is 86.6. The van der Waals surface area contributed by atoms with Crippen LogP contribution in [-0.4, -0.2) is 72.1 Å². The zero-order valence-corrected chi connectivity index (χ0v) is 70.5. The van der Waals surface area contributed by atoms with E-state index in [9.17, 15) is 9.59 Å². The molecule has 6 aliphatic rings. The van der Waals surface area contributed by atoms with Crippen LogP contribution in [-0.2, 0) is 35.4 Å². The van der Waals surface area contributed by atoms with Crippen molar-refractivity contribution in [1.29, 1.82) is 0 Å². The number of carbonyl (C=O) groups is 2. The number of benzene rings is 10. The second-order valence-corrected chi connectivity index (χ2v) is 32.2. The van der Waals surface area contributed by atoms with Crippen LogP contribution in [0.3, 0.4) is 0 Å². The van der Waals surface area contributed by atoms with Gasteiger partial charge in [0.05, 0.1) is 34.6 Å². The summed E-state index contributed by atoms with van der Waals surface area (Å²) in [5.41, 5.74) is 49.9. The number of allylic oxidation sites excluding steroid dienone is 2. The average Bonchev–Trinajstić information content (AvgIpc) is 0.763. The minimum absolute atomic E-state index is 0.0731. The van der Waals surface area contributed by atoms with E-state index in [2.05, 4.69) is 144 Å². The van der Waals surface area contributed by atoms with E-state index in [-0.39, 0.29) is 36.2 Å². The predicted octanol–water partition coefficient (Wildman–Crippen LogP) is 21.8. The fourth-order valence-corrected chi connectivity index (χ4v) is 17.0. The highest BCUT2D eigenvalue weighted by Gasteiger charge is 2.43. The number of ether oxygens (including phenoxy) is 2. The van der Waals surface area contributed by atoms with Crippen LogP contribution in [0.15, 0.2) is 318 Å². The van der Waals surface area contributed by atoms with Crippen molar-refractivity contribution in [3.8, 4) is 45.3 Å². The second-order valence-electron chi connectivity index (χ2n) is 32.2. The molecule has 20 nitrogen and oxygen atoms in total. The van der Waals surface area contributed by atoms with Gasteiger partial charge in [0.25, 0.3) is 0 Å². The first-order valence-electron chi connectivity index (χ1n) is 43.9. The summed E-state index contributed by atoms with van der Waals surface area (Å²) >= 11 is 0. The molecule has 4 aliphatic carbocycles. The van der Waals surface area contributed by atoms with Gasteiger partial charge in [0.2, 0.25) is 11.6 Å². The molecule has 6 atom stereocenters. The Morgan fingerprint density at radius 3 is 1.42 bits per heavy atom. The third-order valence-corrected chi connectivity index (χ3v) is 23.2. The zero-order chi connectivity index (χ0) is 85.3. The highest BCUT2D eigenvalue weighted by molar-refractivity contribution is 6.12. The van der Waals surface area contributed by atoms with Crippen molar-refractivity contribution in [3.05, 3.63) is 347 Å². The molecule has 0 saturated heterocycles. The van der Waals surface area contributed by atoms with Crippen LogP contribution in [0.2, 0.25) is 0 Å². The van der Waals surface area contributed by atoms with Gasteiger partial charge in [0, 0.05) is 81.4 Å². The van der Waals surface area contributed by atoms with Crippen molar-refractivity contribution < 1.29 is 19.1 Å². The first-order chi connectivity index (χ1) is 61.0. The number of nitrogens with one attached hydrogen (secondary N) is 3. The smallest absolute Gasteiger partial charge is 0.407 e. The Balaban J connectivity index is 0.000000129. The summed E-state index contributed by atoms with van der Waals surface area (Å²) in [4.78, 5) is 24.7. The molecule has 2 aromatic heterocycles. The van der Waals surface area contributed by atoms with Gasteiger partial charge in [0.15, 0.2) is 0 Å². The molecule has 0 radical (unpaired) electrons. The van der Waals surface area contributed by atoms with Gasteiger partial charge in [-0.25, -0.2) is 9.59 Å². The number of hydrazone groups is 1.